The number of hydrogen-bond acceptors (Lipinski definition) is 3. The minimum atomic E-state index is -3.67. The van der Waals surface area contributed by atoms with Gasteiger partial charge >= 0.3 is 0 Å². The average molecular weight is 328 g/mol. The summed E-state index contributed by atoms with van der Waals surface area (Å²) in [6.07, 6.45) is 3.38. The second-order valence-corrected chi connectivity index (χ2v) is 7.30. The smallest absolute Gasteiger partial charge is 0.254 e. The number of rotatable bonds is 5. The molecule has 1 aliphatic heterocycles. The van der Waals surface area contributed by atoms with Crippen molar-refractivity contribution < 1.29 is 17.6 Å². The number of nitrogens with one attached hydrogen (secondary N) is 1. The minimum Gasteiger partial charge on any atom is -0.352 e. The number of amides is 1. The van der Waals surface area contributed by atoms with Gasteiger partial charge in [0.25, 0.3) is 5.91 Å². The van der Waals surface area contributed by atoms with Crippen molar-refractivity contribution in [2.24, 2.45) is 0 Å². The zero-order chi connectivity index (χ0) is 16.2. The molecule has 0 spiro atoms. The highest BCUT2D eigenvalue weighted by Crippen LogP contribution is 2.22. The van der Waals surface area contributed by atoms with E-state index in [1.54, 1.807) is 0 Å². The van der Waals surface area contributed by atoms with Crippen molar-refractivity contribution in [2.45, 2.75) is 37.5 Å². The topological polar surface area (TPSA) is 66.5 Å². The zero-order valence-corrected chi connectivity index (χ0v) is 13.5. The van der Waals surface area contributed by atoms with Gasteiger partial charge in [0.05, 0.1) is 10.5 Å². The fourth-order valence-electron chi connectivity index (χ4n) is 2.43. The number of sulfonamides is 1. The summed E-state index contributed by atoms with van der Waals surface area (Å²) in [4.78, 5) is 11.9. The molecule has 0 unspecified atom stereocenters. The van der Waals surface area contributed by atoms with E-state index in [2.05, 4.69) is 5.32 Å². The van der Waals surface area contributed by atoms with Crippen LogP contribution in [0, 0.1) is 5.82 Å². The Morgan fingerprint density at radius 1 is 1.27 bits per heavy atom. The molecule has 1 amide bonds. The molecule has 1 heterocycles. The van der Waals surface area contributed by atoms with Gasteiger partial charge in [-0.25, -0.2) is 12.8 Å². The van der Waals surface area contributed by atoms with Gasteiger partial charge in [-0.15, -0.1) is 0 Å². The Labute approximate surface area is 130 Å². The first-order valence-corrected chi connectivity index (χ1v) is 8.98. The number of nitrogens with zero attached hydrogens (tertiary/aromatic N) is 1. The molecule has 0 radical (unpaired) electrons. The first-order chi connectivity index (χ1) is 10.5. The monoisotopic (exact) mass is 328 g/mol. The maximum absolute atomic E-state index is 13.8. The largest absolute Gasteiger partial charge is 0.352 e. The predicted octanol–water partition coefficient (Wildman–Crippen LogP) is 2.14. The summed E-state index contributed by atoms with van der Waals surface area (Å²) in [5.74, 6) is -1.30. The Morgan fingerprint density at radius 3 is 2.59 bits per heavy atom. The van der Waals surface area contributed by atoms with Crippen LogP contribution in [0.15, 0.2) is 23.1 Å². The molecule has 0 aromatic heterocycles. The molecular weight excluding hydrogens is 307 g/mol. The molecule has 1 saturated heterocycles. The summed E-state index contributed by atoms with van der Waals surface area (Å²) in [5, 5.41) is 2.56. The van der Waals surface area contributed by atoms with E-state index in [1.165, 1.54) is 10.4 Å². The third kappa shape index (κ3) is 3.64. The Morgan fingerprint density at radius 2 is 1.95 bits per heavy atom. The molecule has 5 nitrogen and oxygen atoms in total. The van der Waals surface area contributed by atoms with Crippen molar-refractivity contribution in [1.29, 1.82) is 0 Å². The van der Waals surface area contributed by atoms with Gasteiger partial charge in [0.15, 0.2) is 0 Å². The van der Waals surface area contributed by atoms with Crippen LogP contribution < -0.4 is 5.32 Å². The lowest BCUT2D eigenvalue weighted by atomic mass is 10.2. The molecule has 1 N–H and O–H groups in total. The molecule has 122 valence electrons. The van der Waals surface area contributed by atoms with Crippen LogP contribution in [0.4, 0.5) is 4.39 Å². The van der Waals surface area contributed by atoms with Gasteiger partial charge in [0.2, 0.25) is 10.0 Å². The number of benzene rings is 1. The second-order valence-electron chi connectivity index (χ2n) is 5.36. The highest BCUT2D eigenvalue weighted by Gasteiger charge is 2.27. The molecule has 2 rings (SSSR count). The molecule has 0 saturated carbocycles. The Kier molecular flexibility index (Phi) is 5.52. The predicted molar refractivity (Wildman–Crippen MR) is 81.6 cm³/mol. The first-order valence-electron chi connectivity index (χ1n) is 7.54. The Balaban J connectivity index is 2.30. The van der Waals surface area contributed by atoms with E-state index in [0.29, 0.717) is 19.6 Å². The first kappa shape index (κ1) is 16.9. The van der Waals surface area contributed by atoms with E-state index in [1.807, 2.05) is 6.92 Å². The lowest BCUT2D eigenvalue weighted by molar-refractivity contribution is 0.0949. The number of hydrogen-bond donors (Lipinski definition) is 1. The van der Waals surface area contributed by atoms with Crippen LogP contribution in [0.25, 0.3) is 0 Å². The number of piperidine rings is 1. The summed E-state index contributed by atoms with van der Waals surface area (Å²) in [6.45, 7) is 3.24. The second kappa shape index (κ2) is 7.19. The molecule has 0 bridgehead atoms. The van der Waals surface area contributed by atoms with Crippen molar-refractivity contribution in [3.63, 3.8) is 0 Å². The fourth-order valence-corrected chi connectivity index (χ4v) is 3.97. The number of carbonyl (C=O) groups excluding carboxylic acids is 1. The van der Waals surface area contributed by atoms with Crippen LogP contribution >= 0.6 is 0 Å². The van der Waals surface area contributed by atoms with Gasteiger partial charge in [0, 0.05) is 19.6 Å². The van der Waals surface area contributed by atoms with E-state index in [4.69, 9.17) is 0 Å². The van der Waals surface area contributed by atoms with E-state index >= 15 is 0 Å². The molecule has 1 aromatic rings. The molecule has 7 heteroatoms. The number of carbonyl (C=O) groups is 1. The summed E-state index contributed by atoms with van der Waals surface area (Å²) in [5.41, 5.74) is -0.230. The third-order valence-corrected chi connectivity index (χ3v) is 5.57. The van der Waals surface area contributed by atoms with Gasteiger partial charge in [0.1, 0.15) is 5.82 Å². The van der Waals surface area contributed by atoms with Crippen molar-refractivity contribution >= 4 is 15.9 Å². The van der Waals surface area contributed by atoms with Crippen LogP contribution in [0.3, 0.4) is 0 Å². The zero-order valence-electron chi connectivity index (χ0n) is 12.6. The van der Waals surface area contributed by atoms with Crippen molar-refractivity contribution in [3.05, 3.63) is 29.6 Å². The van der Waals surface area contributed by atoms with Crippen molar-refractivity contribution in [3.8, 4) is 0 Å². The molecule has 0 atom stereocenters. The summed E-state index contributed by atoms with van der Waals surface area (Å²) in [7, 11) is -3.67. The summed E-state index contributed by atoms with van der Waals surface area (Å²) >= 11 is 0. The minimum absolute atomic E-state index is 0.0301. The standard InChI is InChI=1S/C15H21FN2O3S/c1-2-8-17-15(19)13-11-12(6-7-14(13)16)22(20,21)18-9-4-3-5-10-18/h6-7,11H,2-5,8-10H2,1H3,(H,17,19). The van der Waals surface area contributed by atoms with Crippen LogP contribution in [0.1, 0.15) is 43.0 Å². The summed E-state index contributed by atoms with van der Waals surface area (Å²) in [6, 6.07) is 3.39. The molecule has 22 heavy (non-hydrogen) atoms. The van der Waals surface area contributed by atoms with E-state index < -0.39 is 21.7 Å². The highest BCUT2D eigenvalue weighted by atomic mass is 32.2. The average Bonchev–Trinajstić information content (AvgIpc) is 2.53. The van der Waals surface area contributed by atoms with E-state index in [9.17, 15) is 17.6 Å². The van der Waals surface area contributed by atoms with Gasteiger partial charge in [-0.05, 0) is 37.5 Å². The van der Waals surface area contributed by atoms with Gasteiger partial charge in [-0.1, -0.05) is 13.3 Å². The molecule has 1 aromatic carbocycles. The molecule has 1 fully saturated rings. The van der Waals surface area contributed by atoms with Crippen LogP contribution in [0.5, 0.6) is 0 Å². The lowest BCUT2D eigenvalue weighted by Gasteiger charge is -2.26. The quantitative estimate of drug-likeness (QED) is 0.900. The Hall–Kier alpha value is -1.47. The lowest BCUT2D eigenvalue weighted by Crippen LogP contribution is -2.35. The van der Waals surface area contributed by atoms with Crippen molar-refractivity contribution in [1.82, 2.24) is 9.62 Å². The van der Waals surface area contributed by atoms with Crippen molar-refractivity contribution in [2.75, 3.05) is 19.6 Å². The SMILES string of the molecule is CCCNC(=O)c1cc(S(=O)(=O)N2CCCCC2)ccc1F. The van der Waals surface area contributed by atoms with Crippen LogP contribution in [0.2, 0.25) is 0 Å². The maximum Gasteiger partial charge on any atom is 0.254 e. The van der Waals surface area contributed by atoms with E-state index in [0.717, 1.165) is 37.8 Å². The van der Waals surface area contributed by atoms with E-state index in [-0.39, 0.29) is 10.5 Å². The molecule has 0 aliphatic carbocycles. The molecular formula is C15H21FN2O3S. The third-order valence-electron chi connectivity index (χ3n) is 3.67. The Bertz CT molecular complexity index is 640. The highest BCUT2D eigenvalue weighted by molar-refractivity contribution is 7.89. The fraction of sp³-hybridized carbons (Fsp3) is 0.533. The number of halogens is 1. The van der Waals surface area contributed by atoms with Gasteiger partial charge in [-0.3, -0.25) is 4.79 Å². The van der Waals surface area contributed by atoms with Gasteiger partial charge < -0.3 is 5.32 Å². The van der Waals surface area contributed by atoms with Crippen LogP contribution in [-0.2, 0) is 10.0 Å². The summed E-state index contributed by atoms with van der Waals surface area (Å²) < 4.78 is 40.3. The maximum atomic E-state index is 13.8. The van der Waals surface area contributed by atoms with Crippen LogP contribution in [-0.4, -0.2) is 38.3 Å². The molecule has 1 aliphatic rings. The normalized spacial score (nSPS) is 16.5. The van der Waals surface area contributed by atoms with Gasteiger partial charge in [-0.2, -0.15) is 4.31 Å².